The van der Waals surface area contributed by atoms with Crippen molar-refractivity contribution in [3.05, 3.63) is 23.0 Å². The molecule has 1 aliphatic carbocycles. The van der Waals surface area contributed by atoms with E-state index in [-0.39, 0.29) is 11.5 Å². The standard InChI is InChI=1S/C15H25NO2/c1-10-6-12-13(16(10)11(2)9-18-5)7-15(3,4)8-14(12)17/h6,11,14,17H,7-9H2,1-5H3. The van der Waals surface area contributed by atoms with E-state index in [4.69, 9.17) is 4.74 Å². The van der Waals surface area contributed by atoms with Gasteiger partial charge in [0, 0.05) is 24.1 Å². The van der Waals surface area contributed by atoms with E-state index in [1.54, 1.807) is 7.11 Å². The summed E-state index contributed by atoms with van der Waals surface area (Å²) >= 11 is 0. The lowest BCUT2D eigenvalue weighted by atomic mass is 9.75. The number of hydrogen-bond donors (Lipinski definition) is 1. The van der Waals surface area contributed by atoms with Crippen LogP contribution in [0.2, 0.25) is 0 Å². The summed E-state index contributed by atoms with van der Waals surface area (Å²) in [5, 5.41) is 10.3. The van der Waals surface area contributed by atoms with Crippen molar-refractivity contribution in [2.75, 3.05) is 13.7 Å². The zero-order chi connectivity index (χ0) is 13.5. The largest absolute Gasteiger partial charge is 0.388 e. The van der Waals surface area contributed by atoms with E-state index in [9.17, 15) is 5.11 Å². The molecule has 2 unspecified atom stereocenters. The van der Waals surface area contributed by atoms with Crippen molar-refractivity contribution in [3.63, 3.8) is 0 Å². The minimum Gasteiger partial charge on any atom is -0.388 e. The smallest absolute Gasteiger partial charge is 0.0812 e. The molecule has 0 radical (unpaired) electrons. The number of fused-ring (bicyclic) bond motifs is 1. The van der Waals surface area contributed by atoms with Crippen molar-refractivity contribution in [1.82, 2.24) is 4.57 Å². The summed E-state index contributed by atoms with van der Waals surface area (Å²) in [5.41, 5.74) is 3.80. The van der Waals surface area contributed by atoms with Gasteiger partial charge in [-0.3, -0.25) is 0 Å². The van der Waals surface area contributed by atoms with E-state index in [2.05, 4.69) is 38.3 Å². The molecule has 1 heterocycles. The number of rotatable bonds is 3. The third kappa shape index (κ3) is 2.34. The fourth-order valence-electron chi connectivity index (χ4n) is 3.29. The third-order valence-corrected chi connectivity index (χ3v) is 3.97. The van der Waals surface area contributed by atoms with Crippen LogP contribution in [0.1, 0.15) is 56.3 Å². The van der Waals surface area contributed by atoms with Crippen LogP contribution in [0.3, 0.4) is 0 Å². The fraction of sp³-hybridized carbons (Fsp3) is 0.733. The lowest BCUT2D eigenvalue weighted by molar-refractivity contribution is 0.0957. The summed E-state index contributed by atoms with van der Waals surface area (Å²) in [7, 11) is 1.74. The Morgan fingerprint density at radius 2 is 2.22 bits per heavy atom. The van der Waals surface area contributed by atoms with Crippen molar-refractivity contribution in [1.29, 1.82) is 0 Å². The van der Waals surface area contributed by atoms with Crippen LogP contribution in [0.5, 0.6) is 0 Å². The zero-order valence-corrected chi connectivity index (χ0v) is 12.2. The fourth-order valence-corrected chi connectivity index (χ4v) is 3.29. The molecule has 102 valence electrons. The van der Waals surface area contributed by atoms with E-state index in [1.807, 2.05) is 0 Å². The molecule has 2 atom stereocenters. The lowest BCUT2D eigenvalue weighted by Gasteiger charge is -2.34. The maximum Gasteiger partial charge on any atom is 0.0812 e. The first-order valence-corrected chi connectivity index (χ1v) is 6.73. The molecular formula is C15H25NO2. The molecular weight excluding hydrogens is 226 g/mol. The predicted octanol–water partition coefficient (Wildman–Crippen LogP) is 3.01. The molecule has 3 heteroatoms. The second-order valence-electron chi connectivity index (χ2n) is 6.42. The van der Waals surface area contributed by atoms with Crippen LogP contribution in [0.15, 0.2) is 6.07 Å². The zero-order valence-electron chi connectivity index (χ0n) is 12.2. The van der Waals surface area contributed by atoms with Crippen LogP contribution in [-0.2, 0) is 11.2 Å². The average molecular weight is 251 g/mol. The molecule has 0 fully saturated rings. The van der Waals surface area contributed by atoms with Crippen molar-refractivity contribution in [2.45, 2.75) is 52.7 Å². The Morgan fingerprint density at radius 1 is 1.56 bits per heavy atom. The highest BCUT2D eigenvalue weighted by Crippen LogP contribution is 2.42. The minimum atomic E-state index is -0.321. The molecule has 0 saturated carbocycles. The first-order valence-electron chi connectivity index (χ1n) is 6.73. The van der Waals surface area contributed by atoms with Gasteiger partial charge in [-0.1, -0.05) is 13.8 Å². The molecule has 0 spiro atoms. The van der Waals surface area contributed by atoms with Gasteiger partial charge >= 0.3 is 0 Å². The Bertz CT molecular complexity index is 434. The number of aliphatic hydroxyl groups excluding tert-OH is 1. The van der Waals surface area contributed by atoms with Crippen LogP contribution in [0.4, 0.5) is 0 Å². The van der Waals surface area contributed by atoms with Gasteiger partial charge in [0.2, 0.25) is 0 Å². The summed E-state index contributed by atoms with van der Waals surface area (Å²) in [4.78, 5) is 0. The van der Waals surface area contributed by atoms with E-state index >= 15 is 0 Å². The molecule has 0 bridgehead atoms. The van der Waals surface area contributed by atoms with Gasteiger partial charge in [0.05, 0.1) is 18.8 Å². The Kier molecular flexibility index (Phi) is 3.56. The van der Waals surface area contributed by atoms with Crippen molar-refractivity contribution in [2.24, 2.45) is 5.41 Å². The van der Waals surface area contributed by atoms with Gasteiger partial charge in [-0.2, -0.15) is 0 Å². The second kappa shape index (κ2) is 4.71. The highest BCUT2D eigenvalue weighted by molar-refractivity contribution is 5.33. The number of ether oxygens (including phenoxy) is 1. The quantitative estimate of drug-likeness (QED) is 0.896. The average Bonchev–Trinajstić information content (AvgIpc) is 2.53. The van der Waals surface area contributed by atoms with Gasteiger partial charge in [0.15, 0.2) is 0 Å². The summed E-state index contributed by atoms with van der Waals surface area (Å²) in [6, 6.07) is 2.46. The third-order valence-electron chi connectivity index (χ3n) is 3.97. The Hall–Kier alpha value is -0.800. The molecule has 1 N–H and O–H groups in total. The molecule has 18 heavy (non-hydrogen) atoms. The molecule has 0 amide bonds. The number of aromatic nitrogens is 1. The predicted molar refractivity (Wildman–Crippen MR) is 72.8 cm³/mol. The molecule has 1 aromatic heterocycles. The summed E-state index contributed by atoms with van der Waals surface area (Å²) in [5.74, 6) is 0. The summed E-state index contributed by atoms with van der Waals surface area (Å²) < 4.78 is 7.61. The topological polar surface area (TPSA) is 34.4 Å². The Morgan fingerprint density at radius 3 is 2.83 bits per heavy atom. The summed E-state index contributed by atoms with van der Waals surface area (Å²) in [6.07, 6.45) is 1.56. The van der Waals surface area contributed by atoms with E-state index in [0.717, 1.165) is 18.4 Å². The highest BCUT2D eigenvalue weighted by atomic mass is 16.5. The summed E-state index contributed by atoms with van der Waals surface area (Å²) in [6.45, 7) is 9.45. The SMILES string of the molecule is COCC(C)n1c(C)cc2c1CC(C)(C)CC2O. The van der Waals surface area contributed by atoms with Gasteiger partial charge in [-0.05, 0) is 38.2 Å². The minimum absolute atomic E-state index is 0.168. The molecule has 0 saturated heterocycles. The monoisotopic (exact) mass is 251 g/mol. The van der Waals surface area contributed by atoms with Gasteiger partial charge in [0.25, 0.3) is 0 Å². The van der Waals surface area contributed by atoms with Gasteiger partial charge in [0.1, 0.15) is 0 Å². The van der Waals surface area contributed by atoms with E-state index in [0.29, 0.717) is 12.6 Å². The van der Waals surface area contributed by atoms with Crippen molar-refractivity contribution in [3.8, 4) is 0 Å². The first-order chi connectivity index (χ1) is 8.35. The molecule has 1 aromatic rings. The number of aryl methyl sites for hydroxylation is 1. The molecule has 1 aliphatic rings. The molecule has 2 rings (SSSR count). The first kappa shape index (κ1) is 13.6. The normalized spacial score (nSPS) is 23.8. The van der Waals surface area contributed by atoms with Crippen LogP contribution in [0.25, 0.3) is 0 Å². The highest BCUT2D eigenvalue weighted by Gasteiger charge is 2.34. The number of methoxy groups -OCH3 is 1. The van der Waals surface area contributed by atoms with Crippen LogP contribution >= 0.6 is 0 Å². The van der Waals surface area contributed by atoms with E-state index in [1.165, 1.54) is 11.4 Å². The molecule has 0 aromatic carbocycles. The maximum atomic E-state index is 10.3. The molecule has 0 aliphatic heterocycles. The van der Waals surface area contributed by atoms with Crippen LogP contribution < -0.4 is 0 Å². The number of aliphatic hydroxyl groups is 1. The van der Waals surface area contributed by atoms with Gasteiger partial charge < -0.3 is 14.4 Å². The van der Waals surface area contributed by atoms with Gasteiger partial charge in [-0.15, -0.1) is 0 Å². The van der Waals surface area contributed by atoms with Gasteiger partial charge in [-0.25, -0.2) is 0 Å². The maximum absolute atomic E-state index is 10.3. The number of hydrogen-bond acceptors (Lipinski definition) is 2. The van der Waals surface area contributed by atoms with Crippen LogP contribution in [0, 0.1) is 12.3 Å². The lowest BCUT2D eigenvalue weighted by Crippen LogP contribution is -2.28. The van der Waals surface area contributed by atoms with E-state index < -0.39 is 0 Å². The second-order valence-corrected chi connectivity index (χ2v) is 6.42. The Labute approximate surface area is 110 Å². The number of nitrogens with zero attached hydrogens (tertiary/aromatic N) is 1. The van der Waals surface area contributed by atoms with Crippen LogP contribution in [-0.4, -0.2) is 23.4 Å². The molecule has 3 nitrogen and oxygen atoms in total. The van der Waals surface area contributed by atoms with Crippen molar-refractivity contribution < 1.29 is 9.84 Å². The van der Waals surface area contributed by atoms with Crippen molar-refractivity contribution >= 4 is 0 Å². The Balaban J connectivity index is 2.44.